The molecule has 14 heavy (non-hydrogen) atoms. The molecule has 0 unspecified atom stereocenters. The van der Waals surface area contributed by atoms with E-state index in [9.17, 15) is 9.18 Å². The zero-order chi connectivity index (χ0) is 10.1. The molecule has 0 aliphatic rings. The minimum atomic E-state index is -0.543. The van der Waals surface area contributed by atoms with Crippen LogP contribution in [-0.4, -0.2) is 14.8 Å². The van der Waals surface area contributed by atoms with Gasteiger partial charge in [-0.15, -0.1) is 0 Å². The van der Waals surface area contributed by atoms with Crippen molar-refractivity contribution < 1.29 is 4.39 Å². The molecule has 0 spiro atoms. The van der Waals surface area contributed by atoms with E-state index in [1.54, 1.807) is 6.07 Å². The van der Waals surface area contributed by atoms with Crippen LogP contribution < -0.4 is 5.69 Å². The quantitative estimate of drug-likeness (QED) is 0.778. The summed E-state index contributed by atoms with van der Waals surface area (Å²) in [6.45, 7) is 0. The van der Waals surface area contributed by atoms with Gasteiger partial charge in [-0.3, -0.25) is 0 Å². The Morgan fingerprint density at radius 1 is 1.50 bits per heavy atom. The van der Waals surface area contributed by atoms with Crippen molar-refractivity contribution in [1.82, 2.24) is 14.8 Å². The van der Waals surface area contributed by atoms with Gasteiger partial charge in [0.25, 0.3) is 0 Å². The largest absolute Gasteiger partial charge is 0.361 e. The van der Waals surface area contributed by atoms with Gasteiger partial charge in [-0.05, 0) is 12.1 Å². The molecule has 2 aromatic rings. The fourth-order valence-corrected chi connectivity index (χ4v) is 1.15. The number of aromatic amines is 1. The van der Waals surface area contributed by atoms with Crippen molar-refractivity contribution in [3.63, 3.8) is 0 Å². The van der Waals surface area contributed by atoms with Gasteiger partial charge < -0.3 is 0 Å². The minimum absolute atomic E-state index is 0.0382. The molecule has 0 saturated heterocycles. The molecule has 72 valence electrons. The van der Waals surface area contributed by atoms with Crippen molar-refractivity contribution in [2.75, 3.05) is 0 Å². The normalized spacial score (nSPS) is 10.4. The third-order valence-corrected chi connectivity index (χ3v) is 1.99. The van der Waals surface area contributed by atoms with Crippen LogP contribution in [0.15, 0.2) is 29.3 Å². The van der Waals surface area contributed by atoms with Gasteiger partial charge in [0.2, 0.25) is 0 Å². The van der Waals surface area contributed by atoms with Gasteiger partial charge in [0.1, 0.15) is 12.1 Å². The summed E-state index contributed by atoms with van der Waals surface area (Å²) in [5.41, 5.74) is -0.0261. The molecule has 0 radical (unpaired) electrons. The zero-order valence-corrected chi connectivity index (χ0v) is 7.62. The van der Waals surface area contributed by atoms with Crippen LogP contribution in [0.2, 0.25) is 5.02 Å². The minimum Gasteiger partial charge on any atom is -0.244 e. The molecule has 1 heterocycles. The Balaban J connectivity index is 2.52. The number of benzene rings is 1. The lowest BCUT2D eigenvalue weighted by Crippen LogP contribution is -2.05. The van der Waals surface area contributed by atoms with Crippen molar-refractivity contribution >= 4 is 11.6 Å². The topological polar surface area (TPSA) is 50.7 Å². The maximum absolute atomic E-state index is 13.0. The zero-order valence-electron chi connectivity index (χ0n) is 6.87. The number of hydrogen-bond donors (Lipinski definition) is 1. The van der Waals surface area contributed by atoms with Crippen molar-refractivity contribution in [1.29, 1.82) is 0 Å². The molecule has 0 fully saturated rings. The summed E-state index contributed by atoms with van der Waals surface area (Å²) in [7, 11) is 0. The second kappa shape index (κ2) is 3.26. The van der Waals surface area contributed by atoms with Gasteiger partial charge in [-0.2, -0.15) is 4.98 Å². The van der Waals surface area contributed by atoms with Crippen molar-refractivity contribution in [2.45, 2.75) is 0 Å². The van der Waals surface area contributed by atoms with E-state index in [1.807, 2.05) is 0 Å². The van der Waals surface area contributed by atoms with Crippen LogP contribution >= 0.6 is 11.6 Å². The smallest absolute Gasteiger partial charge is 0.244 e. The lowest BCUT2D eigenvalue weighted by molar-refractivity contribution is 0.625. The van der Waals surface area contributed by atoms with E-state index in [-0.39, 0.29) is 5.02 Å². The lowest BCUT2D eigenvalue weighted by atomic mass is 10.3. The summed E-state index contributed by atoms with van der Waals surface area (Å²) in [4.78, 5) is 14.1. The standard InChI is InChI=1S/C8H5ClFN3O/c9-6-2-1-5(3-7(6)10)13-4-11-8(14)12-13/h1-4H,(H,12,14). The van der Waals surface area contributed by atoms with Crippen LogP contribution in [0.25, 0.3) is 5.69 Å². The fourth-order valence-electron chi connectivity index (χ4n) is 1.04. The summed E-state index contributed by atoms with van der Waals surface area (Å²) >= 11 is 5.50. The summed E-state index contributed by atoms with van der Waals surface area (Å²) < 4.78 is 14.3. The highest BCUT2D eigenvalue weighted by Gasteiger charge is 2.02. The first kappa shape index (κ1) is 8.96. The van der Waals surface area contributed by atoms with Crippen LogP contribution in [0, 0.1) is 5.82 Å². The highest BCUT2D eigenvalue weighted by molar-refractivity contribution is 6.30. The molecule has 0 aliphatic carbocycles. The predicted molar refractivity (Wildman–Crippen MR) is 49.2 cm³/mol. The number of H-pyrrole nitrogens is 1. The van der Waals surface area contributed by atoms with Crippen LogP contribution in [-0.2, 0) is 0 Å². The van der Waals surface area contributed by atoms with Gasteiger partial charge >= 0.3 is 5.69 Å². The van der Waals surface area contributed by atoms with Crippen molar-refractivity contribution in [2.24, 2.45) is 0 Å². The van der Waals surface area contributed by atoms with Crippen molar-refractivity contribution in [3.05, 3.63) is 45.9 Å². The Kier molecular flexibility index (Phi) is 2.09. The molecule has 2 rings (SSSR count). The Morgan fingerprint density at radius 3 is 2.86 bits per heavy atom. The maximum atomic E-state index is 13.0. The first-order chi connectivity index (χ1) is 6.66. The molecule has 0 saturated carbocycles. The van der Waals surface area contributed by atoms with Gasteiger partial charge in [0, 0.05) is 6.07 Å². The lowest BCUT2D eigenvalue weighted by Gasteiger charge is -2.01. The number of halogens is 2. The third kappa shape index (κ3) is 1.54. The summed E-state index contributed by atoms with van der Waals surface area (Å²) in [6, 6.07) is 4.19. The van der Waals surface area contributed by atoms with E-state index in [0.29, 0.717) is 5.69 Å². The first-order valence-corrected chi connectivity index (χ1v) is 4.14. The average Bonchev–Trinajstić information content (AvgIpc) is 2.57. The van der Waals surface area contributed by atoms with Crippen LogP contribution in [0.5, 0.6) is 0 Å². The summed E-state index contributed by atoms with van der Waals surface area (Å²) in [6.07, 6.45) is 1.27. The van der Waals surface area contributed by atoms with Gasteiger partial charge in [0.15, 0.2) is 0 Å². The molecular weight excluding hydrogens is 209 g/mol. The first-order valence-electron chi connectivity index (χ1n) is 3.76. The molecule has 1 aromatic carbocycles. The van der Waals surface area contributed by atoms with E-state index >= 15 is 0 Å². The summed E-state index contributed by atoms with van der Waals surface area (Å²) in [5, 5.41) is 2.42. The number of nitrogens with one attached hydrogen (secondary N) is 1. The van der Waals surface area contributed by atoms with Gasteiger partial charge in [0.05, 0.1) is 10.7 Å². The maximum Gasteiger partial charge on any atom is 0.361 e. The molecule has 0 aliphatic heterocycles. The highest BCUT2D eigenvalue weighted by atomic mass is 35.5. The number of aromatic nitrogens is 3. The van der Waals surface area contributed by atoms with Crippen molar-refractivity contribution in [3.8, 4) is 5.69 Å². The summed E-state index contributed by atoms with van der Waals surface area (Å²) in [5.74, 6) is -0.543. The van der Waals surface area contributed by atoms with Crippen LogP contribution in [0.3, 0.4) is 0 Å². The van der Waals surface area contributed by atoms with E-state index in [4.69, 9.17) is 11.6 Å². The van der Waals surface area contributed by atoms with E-state index < -0.39 is 11.5 Å². The SMILES string of the molecule is O=c1ncn(-c2ccc(Cl)c(F)c2)[nH]1. The molecule has 4 nitrogen and oxygen atoms in total. The second-order valence-corrected chi connectivity index (χ2v) is 3.04. The Morgan fingerprint density at radius 2 is 2.29 bits per heavy atom. The molecule has 0 atom stereocenters. The van der Waals surface area contributed by atoms with E-state index in [0.717, 1.165) is 0 Å². The number of nitrogens with zero attached hydrogens (tertiary/aromatic N) is 2. The predicted octanol–water partition coefficient (Wildman–Crippen LogP) is 1.35. The third-order valence-electron chi connectivity index (χ3n) is 1.69. The molecular formula is C8H5ClFN3O. The Bertz CT molecular complexity index is 519. The second-order valence-electron chi connectivity index (χ2n) is 2.63. The fraction of sp³-hybridized carbons (Fsp3) is 0. The van der Waals surface area contributed by atoms with Gasteiger partial charge in [-0.25, -0.2) is 19.0 Å². The van der Waals surface area contributed by atoms with E-state index in [1.165, 1.54) is 23.1 Å². The molecule has 6 heteroatoms. The Labute approximate surface area is 82.9 Å². The average molecular weight is 214 g/mol. The highest BCUT2D eigenvalue weighted by Crippen LogP contribution is 2.16. The monoisotopic (exact) mass is 213 g/mol. The Hall–Kier alpha value is -1.62. The van der Waals surface area contributed by atoms with E-state index in [2.05, 4.69) is 10.1 Å². The molecule has 0 bridgehead atoms. The number of rotatable bonds is 1. The van der Waals surface area contributed by atoms with Crippen LogP contribution in [0.4, 0.5) is 4.39 Å². The molecule has 1 N–H and O–H groups in total. The van der Waals surface area contributed by atoms with Crippen LogP contribution in [0.1, 0.15) is 0 Å². The molecule has 0 amide bonds. The molecule has 1 aromatic heterocycles. The number of hydrogen-bond acceptors (Lipinski definition) is 2. The van der Waals surface area contributed by atoms with Gasteiger partial charge in [-0.1, -0.05) is 11.6 Å².